The first-order valence-corrected chi connectivity index (χ1v) is 10.7. The molecular weight excluding hydrogens is 402 g/mol. The number of thioether (sulfide) groups is 1. The van der Waals surface area contributed by atoms with Crippen LogP contribution in [0.4, 0.5) is 5.95 Å². The number of carbonyl (C=O) groups excluding carboxylic acids is 1. The van der Waals surface area contributed by atoms with Gasteiger partial charge in [0.1, 0.15) is 10.8 Å². The van der Waals surface area contributed by atoms with Gasteiger partial charge in [0.2, 0.25) is 11.9 Å². The van der Waals surface area contributed by atoms with E-state index < -0.39 is 0 Å². The van der Waals surface area contributed by atoms with Crippen LogP contribution >= 0.6 is 11.8 Å². The Balaban J connectivity index is 1.80. The summed E-state index contributed by atoms with van der Waals surface area (Å²) in [5.74, 6) is 1.79. The number of nitrogens with zero attached hydrogens (tertiary/aromatic N) is 6. The fraction of sp³-hybridized carbons (Fsp3) is 0.450. The van der Waals surface area contributed by atoms with Crippen molar-refractivity contribution in [3.05, 3.63) is 28.7 Å². The third-order valence-corrected chi connectivity index (χ3v) is 6.70. The highest BCUT2D eigenvalue weighted by Crippen LogP contribution is 2.35. The van der Waals surface area contributed by atoms with Crippen molar-refractivity contribution >= 4 is 34.7 Å². The first kappa shape index (κ1) is 20.4. The molecule has 1 atom stereocenters. The van der Waals surface area contributed by atoms with E-state index in [2.05, 4.69) is 15.0 Å². The lowest BCUT2D eigenvalue weighted by Gasteiger charge is -2.25. The lowest BCUT2D eigenvalue weighted by atomic mass is 10.1. The van der Waals surface area contributed by atoms with Crippen molar-refractivity contribution in [3.8, 4) is 5.75 Å². The molecule has 0 radical (unpaired) electrons. The van der Waals surface area contributed by atoms with Gasteiger partial charge in [0, 0.05) is 49.5 Å². The average molecular weight is 428 g/mol. The number of aromatic nitrogens is 5. The highest BCUT2D eigenvalue weighted by atomic mass is 32.2. The maximum absolute atomic E-state index is 11.9. The number of nitrogens with two attached hydrogens (primary N) is 1. The minimum absolute atomic E-state index is 0.0220. The van der Waals surface area contributed by atoms with Crippen molar-refractivity contribution in [2.45, 2.75) is 44.8 Å². The second-order valence-corrected chi connectivity index (χ2v) is 8.54. The molecule has 3 aromatic rings. The van der Waals surface area contributed by atoms with Gasteiger partial charge in [-0.2, -0.15) is 10.1 Å². The second kappa shape index (κ2) is 7.75. The van der Waals surface area contributed by atoms with Gasteiger partial charge in [-0.1, -0.05) is 0 Å². The molecule has 4 rings (SSSR count). The van der Waals surface area contributed by atoms with Crippen molar-refractivity contribution < 1.29 is 9.53 Å². The Morgan fingerprint density at radius 3 is 2.87 bits per heavy atom. The molecule has 1 unspecified atom stereocenters. The van der Waals surface area contributed by atoms with Gasteiger partial charge >= 0.3 is 0 Å². The van der Waals surface area contributed by atoms with Gasteiger partial charge in [-0.05, 0) is 13.8 Å². The van der Waals surface area contributed by atoms with E-state index in [0.29, 0.717) is 18.6 Å². The molecule has 0 aromatic carbocycles. The smallest absolute Gasteiger partial charge is 0.223 e. The summed E-state index contributed by atoms with van der Waals surface area (Å²) in [6.07, 6.45) is 2.44. The molecule has 0 saturated heterocycles. The van der Waals surface area contributed by atoms with E-state index >= 15 is 0 Å². The minimum Gasteiger partial charge on any atom is -0.496 e. The summed E-state index contributed by atoms with van der Waals surface area (Å²) in [5.41, 5.74) is 10.4. The maximum atomic E-state index is 11.9. The molecule has 9 nitrogen and oxygen atoms in total. The highest BCUT2D eigenvalue weighted by molar-refractivity contribution is 7.99. The first-order valence-electron chi connectivity index (χ1n) is 9.68. The van der Waals surface area contributed by atoms with Gasteiger partial charge in [0.05, 0.1) is 30.4 Å². The van der Waals surface area contributed by atoms with Crippen molar-refractivity contribution in [3.63, 3.8) is 0 Å². The molecule has 2 N–H and O–H groups in total. The number of carbonyl (C=O) groups is 1. The molecule has 1 aliphatic heterocycles. The zero-order chi connectivity index (χ0) is 21.6. The van der Waals surface area contributed by atoms with Crippen LogP contribution in [0.5, 0.6) is 5.75 Å². The van der Waals surface area contributed by atoms with Crippen LogP contribution in [-0.2, 0) is 17.8 Å². The van der Waals surface area contributed by atoms with Gasteiger partial charge in [-0.25, -0.2) is 9.67 Å². The number of rotatable bonds is 4. The van der Waals surface area contributed by atoms with Crippen molar-refractivity contribution in [2.75, 3.05) is 25.6 Å². The standard InChI is InChI=1S/C20H25N7O2S/c1-10-7-22-15(11(2)17(10)29-5)8-27-18-16-14(25-27)6-13(26(4)12(3)28)9-30-19(16)24-20(21)23-18/h7,13H,6,8-9H2,1-5H3,(H2,21,23,24). The monoisotopic (exact) mass is 427 g/mol. The van der Waals surface area contributed by atoms with Gasteiger partial charge < -0.3 is 15.4 Å². The number of methoxy groups -OCH3 is 1. The fourth-order valence-electron chi connectivity index (χ4n) is 3.82. The van der Waals surface area contributed by atoms with Crippen LogP contribution in [0.1, 0.15) is 29.4 Å². The Morgan fingerprint density at radius 1 is 1.40 bits per heavy atom. The van der Waals surface area contributed by atoms with E-state index in [1.165, 1.54) is 0 Å². The van der Waals surface area contributed by atoms with Crippen LogP contribution in [0, 0.1) is 13.8 Å². The molecule has 30 heavy (non-hydrogen) atoms. The van der Waals surface area contributed by atoms with Gasteiger partial charge in [0.15, 0.2) is 5.65 Å². The van der Waals surface area contributed by atoms with Gasteiger partial charge in [0.25, 0.3) is 0 Å². The number of nitrogen functional groups attached to an aromatic ring is 1. The van der Waals surface area contributed by atoms with E-state index in [1.807, 2.05) is 25.6 Å². The van der Waals surface area contributed by atoms with Crippen LogP contribution in [-0.4, -0.2) is 61.5 Å². The number of likely N-dealkylation sites (N-methyl/N-ethyl adjacent to an activating group) is 1. The van der Waals surface area contributed by atoms with Gasteiger partial charge in [-0.15, -0.1) is 11.8 Å². The van der Waals surface area contributed by atoms with Crippen LogP contribution < -0.4 is 10.5 Å². The molecular formula is C20H25N7O2S. The zero-order valence-corrected chi connectivity index (χ0v) is 18.6. The molecule has 0 bridgehead atoms. The summed E-state index contributed by atoms with van der Waals surface area (Å²) in [7, 11) is 3.49. The Morgan fingerprint density at radius 2 is 2.17 bits per heavy atom. The molecule has 0 fully saturated rings. The quantitative estimate of drug-likeness (QED) is 0.629. The Hall–Kier alpha value is -2.88. The summed E-state index contributed by atoms with van der Waals surface area (Å²) < 4.78 is 7.37. The van der Waals surface area contributed by atoms with E-state index in [4.69, 9.17) is 15.6 Å². The van der Waals surface area contributed by atoms with E-state index in [1.54, 1.807) is 36.9 Å². The lowest BCUT2D eigenvalue weighted by molar-refractivity contribution is -0.129. The third-order valence-electron chi connectivity index (χ3n) is 5.58. The second-order valence-electron chi connectivity index (χ2n) is 7.53. The largest absolute Gasteiger partial charge is 0.496 e. The third kappa shape index (κ3) is 3.45. The number of aryl methyl sites for hydroxylation is 1. The number of anilines is 1. The van der Waals surface area contributed by atoms with Crippen LogP contribution in [0.3, 0.4) is 0 Å². The first-order chi connectivity index (χ1) is 14.3. The van der Waals surface area contributed by atoms with Crippen molar-refractivity contribution in [1.29, 1.82) is 0 Å². The summed E-state index contributed by atoms with van der Waals surface area (Å²) in [4.78, 5) is 27.2. The number of hydrogen-bond donors (Lipinski definition) is 1. The zero-order valence-electron chi connectivity index (χ0n) is 17.8. The Labute approximate surface area is 179 Å². The molecule has 0 spiro atoms. The molecule has 3 aromatic heterocycles. The average Bonchev–Trinajstić information content (AvgIpc) is 2.92. The van der Waals surface area contributed by atoms with Gasteiger partial charge in [-0.3, -0.25) is 9.78 Å². The lowest BCUT2D eigenvalue weighted by Crippen LogP contribution is -2.38. The van der Waals surface area contributed by atoms with E-state index in [0.717, 1.165) is 44.4 Å². The summed E-state index contributed by atoms with van der Waals surface area (Å²) in [6.45, 7) is 5.98. The number of amides is 1. The molecule has 4 heterocycles. The number of ether oxygens (including phenoxy) is 1. The number of hydrogen-bond acceptors (Lipinski definition) is 8. The molecule has 0 saturated carbocycles. The predicted molar refractivity (Wildman–Crippen MR) is 116 cm³/mol. The van der Waals surface area contributed by atoms with E-state index in [9.17, 15) is 4.79 Å². The molecule has 1 aliphatic rings. The normalized spacial score (nSPS) is 15.8. The Bertz CT molecular complexity index is 1140. The van der Waals surface area contributed by atoms with E-state index in [-0.39, 0.29) is 17.9 Å². The number of pyridine rings is 1. The predicted octanol–water partition coefficient (Wildman–Crippen LogP) is 1.97. The highest BCUT2D eigenvalue weighted by Gasteiger charge is 2.28. The van der Waals surface area contributed by atoms with Crippen LogP contribution in [0.25, 0.3) is 11.0 Å². The SMILES string of the molecule is COc1c(C)cnc(Cn2nc3c4c(nc(N)nc42)SCC(N(C)C(C)=O)C3)c1C. The topological polar surface area (TPSA) is 112 Å². The molecule has 158 valence electrons. The van der Waals surface area contributed by atoms with Crippen LogP contribution in [0.2, 0.25) is 0 Å². The fourth-order valence-corrected chi connectivity index (χ4v) is 5.02. The summed E-state index contributed by atoms with van der Waals surface area (Å²) in [5, 5.41) is 6.57. The van der Waals surface area contributed by atoms with Crippen molar-refractivity contribution in [1.82, 2.24) is 29.6 Å². The van der Waals surface area contributed by atoms with Crippen molar-refractivity contribution in [2.24, 2.45) is 0 Å². The minimum atomic E-state index is 0.0220. The maximum Gasteiger partial charge on any atom is 0.223 e. The molecule has 10 heteroatoms. The Kier molecular flexibility index (Phi) is 5.27. The summed E-state index contributed by atoms with van der Waals surface area (Å²) in [6, 6.07) is 0.0220. The molecule has 1 amide bonds. The molecule has 0 aliphatic carbocycles. The summed E-state index contributed by atoms with van der Waals surface area (Å²) >= 11 is 1.59. The van der Waals surface area contributed by atoms with Crippen LogP contribution in [0.15, 0.2) is 11.2 Å².